The topological polar surface area (TPSA) is 12.0 Å². The summed E-state index contributed by atoms with van der Waals surface area (Å²) in [4.78, 5) is 0. The monoisotopic (exact) mass is 357 g/mol. The minimum absolute atomic E-state index is 0.166. The molecular formula is C22H22F3N. The highest BCUT2D eigenvalue weighted by Gasteiger charge is 2.30. The molecule has 0 aromatic heterocycles. The molecule has 0 bridgehead atoms. The van der Waals surface area contributed by atoms with Gasteiger partial charge in [-0.3, -0.25) is 0 Å². The Morgan fingerprint density at radius 3 is 2.77 bits per heavy atom. The summed E-state index contributed by atoms with van der Waals surface area (Å²) >= 11 is 0. The van der Waals surface area contributed by atoms with Crippen LogP contribution in [-0.2, 0) is 12.6 Å². The summed E-state index contributed by atoms with van der Waals surface area (Å²) in [5.74, 6) is 0. The molecular weight excluding hydrogens is 335 g/mol. The van der Waals surface area contributed by atoms with E-state index in [1.165, 1.54) is 22.8 Å². The van der Waals surface area contributed by atoms with Gasteiger partial charge in [0.15, 0.2) is 0 Å². The van der Waals surface area contributed by atoms with Crippen LogP contribution in [0, 0.1) is 0 Å². The Morgan fingerprint density at radius 1 is 1.15 bits per heavy atom. The molecule has 0 radical (unpaired) electrons. The number of halogens is 3. The van der Waals surface area contributed by atoms with Crippen molar-refractivity contribution in [3.05, 3.63) is 82.4 Å². The summed E-state index contributed by atoms with van der Waals surface area (Å²) in [6.45, 7) is 2.70. The van der Waals surface area contributed by atoms with Crippen molar-refractivity contribution in [2.75, 3.05) is 6.54 Å². The molecule has 0 saturated heterocycles. The minimum Gasteiger partial charge on any atom is -0.307 e. The first kappa shape index (κ1) is 18.5. The standard InChI is InChI=1S/C22H22F3N/c1-16(20-13-5-10-18-9-2-3-12-21(18)20)26-14-6-8-17-7-4-11-19(15-17)22(23,24)25/h3-8,10-13,15-16,26H,2,9,14H2,1H3/b8-6+. The van der Waals surface area contributed by atoms with Crippen LogP contribution in [0.3, 0.4) is 0 Å². The number of benzene rings is 2. The van der Waals surface area contributed by atoms with E-state index in [4.69, 9.17) is 0 Å². The van der Waals surface area contributed by atoms with Gasteiger partial charge in [-0.15, -0.1) is 0 Å². The van der Waals surface area contributed by atoms with Crippen LogP contribution in [0.25, 0.3) is 12.2 Å². The maximum Gasteiger partial charge on any atom is 0.416 e. The lowest BCUT2D eigenvalue weighted by Crippen LogP contribution is -2.20. The van der Waals surface area contributed by atoms with Crippen LogP contribution in [0.15, 0.2) is 54.6 Å². The summed E-state index contributed by atoms with van der Waals surface area (Å²) < 4.78 is 38.2. The largest absolute Gasteiger partial charge is 0.416 e. The van der Waals surface area contributed by atoms with Crippen molar-refractivity contribution >= 4 is 12.2 Å². The fourth-order valence-electron chi connectivity index (χ4n) is 3.24. The van der Waals surface area contributed by atoms with Gasteiger partial charge in [-0.2, -0.15) is 13.2 Å². The van der Waals surface area contributed by atoms with Crippen LogP contribution < -0.4 is 5.32 Å². The zero-order valence-corrected chi connectivity index (χ0v) is 14.7. The summed E-state index contributed by atoms with van der Waals surface area (Å²) in [5, 5.41) is 3.42. The molecule has 0 spiro atoms. The van der Waals surface area contributed by atoms with Crippen LogP contribution in [0.2, 0.25) is 0 Å². The van der Waals surface area contributed by atoms with Crippen molar-refractivity contribution in [1.82, 2.24) is 5.32 Å². The Labute approximate surface area is 152 Å². The molecule has 1 aliphatic rings. The molecule has 1 atom stereocenters. The molecule has 2 aromatic carbocycles. The Bertz CT molecular complexity index is 818. The van der Waals surface area contributed by atoms with Gasteiger partial charge in [-0.25, -0.2) is 0 Å². The highest BCUT2D eigenvalue weighted by atomic mass is 19.4. The summed E-state index contributed by atoms with van der Waals surface area (Å²) in [6.07, 6.45) is 5.81. The Morgan fingerprint density at radius 2 is 1.96 bits per heavy atom. The van der Waals surface area contributed by atoms with Crippen molar-refractivity contribution in [1.29, 1.82) is 0 Å². The van der Waals surface area contributed by atoms with Gasteiger partial charge in [0.1, 0.15) is 0 Å². The van der Waals surface area contributed by atoms with E-state index in [1.807, 2.05) is 6.08 Å². The van der Waals surface area contributed by atoms with Crippen molar-refractivity contribution in [2.45, 2.75) is 32.0 Å². The van der Waals surface area contributed by atoms with Gasteiger partial charge in [0.05, 0.1) is 5.56 Å². The molecule has 0 amide bonds. The highest BCUT2D eigenvalue weighted by Crippen LogP contribution is 2.30. The highest BCUT2D eigenvalue weighted by molar-refractivity contribution is 5.61. The van der Waals surface area contributed by atoms with Crippen LogP contribution >= 0.6 is 0 Å². The minimum atomic E-state index is -4.31. The average molecular weight is 357 g/mol. The van der Waals surface area contributed by atoms with Crippen LogP contribution in [0.4, 0.5) is 13.2 Å². The normalized spacial score (nSPS) is 15.2. The Kier molecular flexibility index (Phi) is 5.62. The van der Waals surface area contributed by atoms with Gasteiger partial charge >= 0.3 is 6.18 Å². The first-order chi connectivity index (χ1) is 12.4. The number of hydrogen-bond donors (Lipinski definition) is 1. The summed E-state index contributed by atoms with van der Waals surface area (Å²) in [6, 6.07) is 11.9. The molecule has 26 heavy (non-hydrogen) atoms. The zero-order chi connectivity index (χ0) is 18.6. The second-order valence-corrected chi connectivity index (χ2v) is 6.52. The van der Waals surface area contributed by atoms with Gasteiger partial charge in [0.25, 0.3) is 0 Å². The van der Waals surface area contributed by atoms with Crippen molar-refractivity contribution in [2.24, 2.45) is 0 Å². The van der Waals surface area contributed by atoms with E-state index in [1.54, 1.807) is 12.1 Å². The number of aryl methyl sites for hydroxylation is 1. The third kappa shape index (κ3) is 4.44. The molecule has 2 aromatic rings. The fraction of sp³-hybridized carbons (Fsp3) is 0.273. The van der Waals surface area contributed by atoms with Crippen molar-refractivity contribution in [3.63, 3.8) is 0 Å². The maximum atomic E-state index is 12.7. The van der Waals surface area contributed by atoms with Gasteiger partial charge < -0.3 is 5.32 Å². The van der Waals surface area contributed by atoms with E-state index in [9.17, 15) is 13.2 Å². The van der Waals surface area contributed by atoms with Crippen molar-refractivity contribution < 1.29 is 13.2 Å². The lowest BCUT2D eigenvalue weighted by molar-refractivity contribution is -0.137. The van der Waals surface area contributed by atoms with Crippen LogP contribution in [-0.4, -0.2) is 6.54 Å². The molecule has 1 N–H and O–H groups in total. The molecule has 3 rings (SSSR count). The van der Waals surface area contributed by atoms with E-state index >= 15 is 0 Å². The number of allylic oxidation sites excluding steroid dienone is 1. The number of nitrogens with one attached hydrogen (secondary N) is 1. The molecule has 136 valence electrons. The second kappa shape index (κ2) is 7.92. The predicted octanol–water partition coefficient (Wildman–Crippen LogP) is 6.03. The third-order valence-electron chi connectivity index (χ3n) is 4.63. The summed E-state index contributed by atoms with van der Waals surface area (Å²) in [7, 11) is 0. The maximum absolute atomic E-state index is 12.7. The third-order valence-corrected chi connectivity index (χ3v) is 4.63. The van der Waals surface area contributed by atoms with Crippen LogP contribution in [0.5, 0.6) is 0 Å². The van der Waals surface area contributed by atoms with E-state index in [-0.39, 0.29) is 6.04 Å². The van der Waals surface area contributed by atoms with Gasteiger partial charge in [0.2, 0.25) is 0 Å². The molecule has 4 heteroatoms. The van der Waals surface area contributed by atoms with Gasteiger partial charge in [-0.05, 0) is 54.2 Å². The smallest absolute Gasteiger partial charge is 0.307 e. The first-order valence-electron chi connectivity index (χ1n) is 8.80. The average Bonchev–Trinajstić information content (AvgIpc) is 2.64. The van der Waals surface area contributed by atoms with Crippen molar-refractivity contribution in [3.8, 4) is 0 Å². The van der Waals surface area contributed by atoms with Crippen LogP contribution in [0.1, 0.15) is 47.2 Å². The SMILES string of the molecule is CC(NC/C=C/c1cccc(C(F)(F)F)c1)c1cccc2c1C=CCC2. The quantitative estimate of drug-likeness (QED) is 0.689. The van der Waals surface area contributed by atoms with E-state index in [0.717, 1.165) is 25.0 Å². The Balaban J connectivity index is 1.62. The molecule has 1 aliphatic carbocycles. The molecule has 0 heterocycles. The van der Waals surface area contributed by atoms with E-state index in [0.29, 0.717) is 12.1 Å². The Hall–Kier alpha value is -2.33. The number of fused-ring (bicyclic) bond motifs is 1. The number of hydrogen-bond acceptors (Lipinski definition) is 1. The number of rotatable bonds is 5. The lowest BCUT2D eigenvalue weighted by Gasteiger charge is -2.20. The van der Waals surface area contributed by atoms with Gasteiger partial charge in [0, 0.05) is 12.6 Å². The summed E-state index contributed by atoms with van der Waals surface area (Å²) in [5.41, 5.74) is 3.85. The van der Waals surface area contributed by atoms with Gasteiger partial charge in [-0.1, -0.05) is 54.6 Å². The zero-order valence-electron chi connectivity index (χ0n) is 14.7. The lowest BCUT2D eigenvalue weighted by atomic mass is 9.90. The predicted molar refractivity (Wildman–Crippen MR) is 101 cm³/mol. The number of alkyl halides is 3. The van der Waals surface area contributed by atoms with E-state index in [2.05, 4.69) is 42.6 Å². The molecule has 0 fully saturated rings. The second-order valence-electron chi connectivity index (χ2n) is 6.52. The molecule has 1 unspecified atom stereocenters. The molecule has 0 saturated carbocycles. The molecule has 1 nitrogen and oxygen atoms in total. The molecule has 0 aliphatic heterocycles. The van der Waals surface area contributed by atoms with E-state index < -0.39 is 11.7 Å². The fourth-order valence-corrected chi connectivity index (χ4v) is 3.24. The first-order valence-corrected chi connectivity index (χ1v) is 8.80.